The van der Waals surface area contributed by atoms with E-state index in [-0.39, 0.29) is 6.61 Å². The molecule has 8 nitrogen and oxygen atoms in total. The van der Waals surface area contributed by atoms with Crippen molar-refractivity contribution in [3.63, 3.8) is 0 Å². The number of benzene rings is 1. The smallest absolute Gasteiger partial charge is 0.164 e. The number of fused-ring (bicyclic) bond motifs is 1. The lowest BCUT2D eigenvalue weighted by atomic mass is 10.1. The monoisotopic (exact) mass is 418 g/mol. The molecule has 8 heteroatoms. The van der Waals surface area contributed by atoms with Gasteiger partial charge in [0.1, 0.15) is 5.52 Å². The molecule has 0 aliphatic carbocycles. The van der Waals surface area contributed by atoms with E-state index in [2.05, 4.69) is 41.1 Å². The normalized spacial score (nSPS) is 14.5. The van der Waals surface area contributed by atoms with E-state index in [1.54, 1.807) is 0 Å². The molecule has 4 heterocycles. The van der Waals surface area contributed by atoms with Crippen LogP contribution in [0.1, 0.15) is 12.0 Å². The standard InChI is InChI=1S/C23H26N6O2/c1-17-4-2-5-18(14-17)19-6-8-29(26-19)21-15-20(27-9-12-31-13-10-27)22-23(25-21)28(16-24-22)7-3-11-30/h2,4-6,8,14-16,30H,3,7,9-13H2,1H3. The lowest BCUT2D eigenvalue weighted by Crippen LogP contribution is -2.36. The van der Waals surface area contributed by atoms with Crippen molar-refractivity contribution in [2.24, 2.45) is 0 Å². The largest absolute Gasteiger partial charge is 0.396 e. The van der Waals surface area contributed by atoms with Crippen LogP contribution in [0.3, 0.4) is 0 Å². The minimum atomic E-state index is 0.134. The summed E-state index contributed by atoms with van der Waals surface area (Å²) in [5.74, 6) is 0.749. The van der Waals surface area contributed by atoms with Gasteiger partial charge in [-0.25, -0.2) is 14.6 Å². The van der Waals surface area contributed by atoms with E-state index in [1.807, 2.05) is 33.9 Å². The molecule has 0 saturated carbocycles. The summed E-state index contributed by atoms with van der Waals surface area (Å²) in [6.45, 7) is 5.91. The minimum absolute atomic E-state index is 0.134. The first kappa shape index (κ1) is 19.7. The molecule has 1 aliphatic heterocycles. The Morgan fingerprint density at radius 2 is 2.00 bits per heavy atom. The molecule has 0 amide bonds. The van der Waals surface area contributed by atoms with Crippen LogP contribution in [0.15, 0.2) is 48.9 Å². The van der Waals surface area contributed by atoms with Crippen LogP contribution in [-0.2, 0) is 11.3 Å². The van der Waals surface area contributed by atoms with E-state index in [0.717, 1.165) is 47.0 Å². The number of ether oxygens (including phenoxy) is 1. The minimum Gasteiger partial charge on any atom is -0.396 e. The Hall–Kier alpha value is -3.23. The average Bonchev–Trinajstić information content (AvgIpc) is 3.45. The predicted octanol–water partition coefficient (Wildman–Crippen LogP) is 2.81. The number of rotatable bonds is 6. The third kappa shape index (κ3) is 3.92. The van der Waals surface area contributed by atoms with Crippen LogP contribution in [0.2, 0.25) is 0 Å². The number of morpholine rings is 1. The van der Waals surface area contributed by atoms with Gasteiger partial charge in [0.25, 0.3) is 0 Å². The first-order valence-corrected chi connectivity index (χ1v) is 10.7. The fourth-order valence-corrected chi connectivity index (χ4v) is 3.98. The number of nitrogens with zero attached hydrogens (tertiary/aromatic N) is 6. The van der Waals surface area contributed by atoms with Crippen LogP contribution < -0.4 is 4.90 Å². The molecule has 160 valence electrons. The topological polar surface area (TPSA) is 81.2 Å². The lowest BCUT2D eigenvalue weighted by molar-refractivity contribution is 0.123. The van der Waals surface area contributed by atoms with Gasteiger partial charge in [0.2, 0.25) is 0 Å². The highest BCUT2D eigenvalue weighted by atomic mass is 16.5. The zero-order chi connectivity index (χ0) is 21.2. The van der Waals surface area contributed by atoms with Crippen molar-refractivity contribution in [3.05, 3.63) is 54.5 Å². The molecule has 3 aromatic heterocycles. The van der Waals surface area contributed by atoms with E-state index in [9.17, 15) is 5.11 Å². The Morgan fingerprint density at radius 1 is 1.13 bits per heavy atom. The molecule has 0 spiro atoms. The van der Waals surface area contributed by atoms with Crippen molar-refractivity contribution in [1.29, 1.82) is 0 Å². The molecule has 5 rings (SSSR count). The third-order valence-corrected chi connectivity index (χ3v) is 5.59. The number of hydrogen-bond donors (Lipinski definition) is 1. The van der Waals surface area contributed by atoms with Crippen LogP contribution in [0.4, 0.5) is 5.69 Å². The summed E-state index contributed by atoms with van der Waals surface area (Å²) in [6, 6.07) is 12.4. The lowest BCUT2D eigenvalue weighted by Gasteiger charge is -2.29. The molecule has 0 unspecified atom stereocenters. The fourth-order valence-electron chi connectivity index (χ4n) is 3.98. The molecule has 31 heavy (non-hydrogen) atoms. The van der Waals surface area contributed by atoms with Gasteiger partial charge in [-0.2, -0.15) is 5.10 Å². The van der Waals surface area contributed by atoms with Crippen molar-refractivity contribution in [1.82, 2.24) is 24.3 Å². The molecular formula is C23H26N6O2. The molecule has 1 aliphatic rings. The highest BCUT2D eigenvalue weighted by molar-refractivity contribution is 5.87. The highest BCUT2D eigenvalue weighted by Crippen LogP contribution is 2.29. The van der Waals surface area contributed by atoms with Gasteiger partial charge in [0.15, 0.2) is 11.5 Å². The molecule has 1 N–H and O–H groups in total. The first-order valence-electron chi connectivity index (χ1n) is 10.7. The number of anilines is 1. The summed E-state index contributed by atoms with van der Waals surface area (Å²) in [7, 11) is 0. The molecular weight excluding hydrogens is 392 g/mol. The summed E-state index contributed by atoms with van der Waals surface area (Å²) < 4.78 is 9.37. The average molecular weight is 419 g/mol. The summed E-state index contributed by atoms with van der Waals surface area (Å²) in [5.41, 5.74) is 5.91. The summed E-state index contributed by atoms with van der Waals surface area (Å²) >= 11 is 0. The number of aliphatic hydroxyl groups is 1. The first-order chi connectivity index (χ1) is 15.2. The fraction of sp³-hybridized carbons (Fsp3) is 0.348. The second-order valence-corrected chi connectivity index (χ2v) is 7.80. The molecule has 1 saturated heterocycles. The maximum absolute atomic E-state index is 9.27. The number of aryl methyl sites for hydroxylation is 2. The van der Waals surface area contributed by atoms with E-state index in [4.69, 9.17) is 14.8 Å². The van der Waals surface area contributed by atoms with Gasteiger partial charge < -0.3 is 19.3 Å². The van der Waals surface area contributed by atoms with Gasteiger partial charge >= 0.3 is 0 Å². The van der Waals surface area contributed by atoms with Gasteiger partial charge in [-0.15, -0.1) is 0 Å². The molecule has 1 fully saturated rings. The second kappa shape index (κ2) is 8.49. The molecule has 4 aromatic rings. The summed E-state index contributed by atoms with van der Waals surface area (Å²) in [4.78, 5) is 11.8. The number of hydrogen-bond acceptors (Lipinski definition) is 6. The van der Waals surface area contributed by atoms with Crippen LogP contribution in [-0.4, -0.2) is 62.3 Å². The van der Waals surface area contributed by atoms with Crippen LogP contribution >= 0.6 is 0 Å². The number of aromatic nitrogens is 5. The molecule has 0 atom stereocenters. The molecule has 0 bridgehead atoms. The summed E-state index contributed by atoms with van der Waals surface area (Å²) in [5, 5.41) is 14.1. The van der Waals surface area contributed by atoms with Crippen LogP contribution in [0, 0.1) is 6.92 Å². The Morgan fingerprint density at radius 3 is 2.81 bits per heavy atom. The third-order valence-electron chi connectivity index (χ3n) is 5.59. The summed E-state index contributed by atoms with van der Waals surface area (Å²) in [6.07, 6.45) is 4.41. The van der Waals surface area contributed by atoms with E-state index >= 15 is 0 Å². The highest BCUT2D eigenvalue weighted by Gasteiger charge is 2.20. The second-order valence-electron chi connectivity index (χ2n) is 7.80. The van der Waals surface area contributed by atoms with E-state index < -0.39 is 0 Å². The van der Waals surface area contributed by atoms with Gasteiger partial charge in [0, 0.05) is 44.1 Å². The number of aliphatic hydroxyl groups excluding tert-OH is 1. The van der Waals surface area contributed by atoms with E-state index in [0.29, 0.717) is 26.2 Å². The van der Waals surface area contributed by atoms with Crippen molar-refractivity contribution >= 4 is 16.9 Å². The molecule has 1 aromatic carbocycles. The van der Waals surface area contributed by atoms with Crippen LogP contribution in [0.5, 0.6) is 0 Å². The van der Waals surface area contributed by atoms with Crippen molar-refractivity contribution in [2.75, 3.05) is 37.8 Å². The quantitative estimate of drug-likeness (QED) is 0.519. The maximum atomic E-state index is 9.27. The Balaban J connectivity index is 1.59. The van der Waals surface area contributed by atoms with Gasteiger partial charge in [-0.1, -0.05) is 23.8 Å². The number of imidazole rings is 1. The number of pyridine rings is 1. The van der Waals surface area contributed by atoms with E-state index in [1.165, 1.54) is 5.56 Å². The van der Waals surface area contributed by atoms with Crippen LogP contribution in [0.25, 0.3) is 28.2 Å². The van der Waals surface area contributed by atoms with Crippen molar-refractivity contribution < 1.29 is 9.84 Å². The Kier molecular flexibility index (Phi) is 5.40. The predicted molar refractivity (Wildman–Crippen MR) is 120 cm³/mol. The zero-order valence-electron chi connectivity index (χ0n) is 17.6. The maximum Gasteiger partial charge on any atom is 0.164 e. The Bertz CT molecular complexity index is 1190. The van der Waals surface area contributed by atoms with Crippen molar-refractivity contribution in [3.8, 4) is 17.1 Å². The van der Waals surface area contributed by atoms with Crippen molar-refractivity contribution in [2.45, 2.75) is 19.9 Å². The van der Waals surface area contributed by atoms with Gasteiger partial charge in [-0.05, 0) is 25.5 Å². The zero-order valence-corrected chi connectivity index (χ0v) is 17.6. The molecule has 0 radical (unpaired) electrons. The Labute approximate surface area is 180 Å². The van der Waals surface area contributed by atoms with Gasteiger partial charge in [-0.3, -0.25) is 0 Å². The SMILES string of the molecule is Cc1cccc(-c2ccn(-c3cc(N4CCOCC4)c4ncn(CCCO)c4n3)n2)c1. The van der Waals surface area contributed by atoms with Gasteiger partial charge in [0.05, 0.1) is 30.9 Å².